The van der Waals surface area contributed by atoms with Crippen molar-refractivity contribution >= 4 is 17.5 Å². The number of benzene rings is 2. The number of carbonyl (C=O) groups is 1. The van der Waals surface area contributed by atoms with E-state index in [1.165, 1.54) is 23.1 Å². The number of halogens is 2. The maximum absolute atomic E-state index is 13.1. The van der Waals surface area contributed by atoms with Crippen molar-refractivity contribution in [1.29, 1.82) is 0 Å². The van der Waals surface area contributed by atoms with E-state index in [2.05, 4.69) is 20.8 Å². The van der Waals surface area contributed by atoms with Crippen molar-refractivity contribution < 1.29 is 9.18 Å². The van der Waals surface area contributed by atoms with E-state index in [9.17, 15) is 9.18 Å². The number of hydrogen-bond donors (Lipinski definition) is 1. The molecule has 0 spiro atoms. The van der Waals surface area contributed by atoms with Crippen LogP contribution in [0.3, 0.4) is 0 Å². The zero-order valence-electron chi connectivity index (χ0n) is 12.5. The molecule has 3 rings (SSSR count). The lowest BCUT2D eigenvalue weighted by molar-refractivity contribution is 0.0954. The Morgan fingerprint density at radius 3 is 2.88 bits per heavy atom. The van der Waals surface area contributed by atoms with Gasteiger partial charge in [0.1, 0.15) is 12.1 Å². The number of nitrogens with zero attached hydrogens (tertiary/aromatic N) is 4. The predicted molar refractivity (Wildman–Crippen MR) is 86.6 cm³/mol. The molecule has 122 valence electrons. The van der Waals surface area contributed by atoms with Gasteiger partial charge in [0.05, 0.1) is 16.3 Å². The van der Waals surface area contributed by atoms with Gasteiger partial charge in [0.25, 0.3) is 5.91 Å². The van der Waals surface area contributed by atoms with Crippen LogP contribution in [0.4, 0.5) is 4.39 Å². The Kier molecular flexibility index (Phi) is 4.81. The van der Waals surface area contributed by atoms with Gasteiger partial charge in [-0.15, -0.1) is 5.10 Å². The summed E-state index contributed by atoms with van der Waals surface area (Å²) in [5, 5.41) is 14.0. The van der Waals surface area contributed by atoms with Gasteiger partial charge in [-0.1, -0.05) is 23.7 Å². The molecule has 0 aliphatic heterocycles. The second-order valence-corrected chi connectivity index (χ2v) is 5.46. The first-order valence-corrected chi connectivity index (χ1v) is 7.57. The number of hydrogen-bond acceptors (Lipinski definition) is 4. The van der Waals surface area contributed by atoms with Gasteiger partial charge in [0.15, 0.2) is 0 Å². The molecule has 24 heavy (non-hydrogen) atoms. The summed E-state index contributed by atoms with van der Waals surface area (Å²) >= 11 is 6.10. The second-order valence-electron chi connectivity index (χ2n) is 5.05. The van der Waals surface area contributed by atoms with Crippen LogP contribution in [0.5, 0.6) is 0 Å². The summed E-state index contributed by atoms with van der Waals surface area (Å²) in [5.41, 5.74) is 1.76. The molecule has 0 bridgehead atoms. The molecule has 1 heterocycles. The van der Waals surface area contributed by atoms with E-state index in [1.807, 2.05) is 0 Å². The smallest absolute Gasteiger partial charge is 0.252 e. The number of aromatic nitrogens is 4. The Hall–Kier alpha value is -2.80. The van der Waals surface area contributed by atoms with Crippen molar-refractivity contribution in [3.05, 3.63) is 70.8 Å². The Morgan fingerprint density at radius 1 is 1.25 bits per heavy atom. The second kappa shape index (κ2) is 7.18. The molecule has 0 unspecified atom stereocenters. The fraction of sp³-hybridized carbons (Fsp3) is 0.125. The molecule has 0 saturated carbocycles. The highest BCUT2D eigenvalue weighted by molar-refractivity contribution is 6.33. The molecule has 3 aromatic rings. The minimum absolute atomic E-state index is 0.295. The van der Waals surface area contributed by atoms with Gasteiger partial charge in [0, 0.05) is 6.54 Å². The van der Waals surface area contributed by atoms with Crippen LogP contribution in [0, 0.1) is 5.82 Å². The van der Waals surface area contributed by atoms with Crippen LogP contribution >= 0.6 is 11.6 Å². The average molecular weight is 346 g/mol. The van der Waals surface area contributed by atoms with Crippen LogP contribution < -0.4 is 5.32 Å². The summed E-state index contributed by atoms with van der Waals surface area (Å²) in [5.74, 6) is -0.609. The Morgan fingerprint density at radius 2 is 2.12 bits per heavy atom. The van der Waals surface area contributed by atoms with Crippen LogP contribution in [0.15, 0.2) is 48.8 Å². The SMILES string of the molecule is O=C(NCCc1cccc(F)c1)c1cc(-n2cnnn2)ccc1Cl. The molecular formula is C16H13ClFN5O. The van der Waals surface area contributed by atoms with Crippen molar-refractivity contribution in [2.24, 2.45) is 0 Å². The summed E-state index contributed by atoms with van der Waals surface area (Å²) in [6.07, 6.45) is 1.95. The zero-order valence-corrected chi connectivity index (χ0v) is 13.2. The lowest BCUT2D eigenvalue weighted by Gasteiger charge is -2.09. The molecule has 6 nitrogen and oxygen atoms in total. The number of nitrogens with one attached hydrogen (secondary N) is 1. The van der Waals surface area contributed by atoms with Crippen LogP contribution in [0.25, 0.3) is 5.69 Å². The molecule has 0 atom stereocenters. The third-order valence-corrected chi connectivity index (χ3v) is 3.73. The molecule has 1 amide bonds. The van der Waals surface area contributed by atoms with Crippen molar-refractivity contribution in [2.75, 3.05) is 6.54 Å². The monoisotopic (exact) mass is 345 g/mol. The van der Waals surface area contributed by atoms with E-state index < -0.39 is 0 Å². The number of amides is 1. The minimum atomic E-state index is -0.314. The molecule has 8 heteroatoms. The first kappa shape index (κ1) is 16.1. The van der Waals surface area contributed by atoms with Crippen molar-refractivity contribution in [3.63, 3.8) is 0 Å². The van der Waals surface area contributed by atoms with Crippen LogP contribution in [-0.2, 0) is 6.42 Å². The zero-order chi connectivity index (χ0) is 16.9. The Balaban J connectivity index is 1.67. The minimum Gasteiger partial charge on any atom is -0.352 e. The predicted octanol–water partition coefficient (Wildman–Crippen LogP) is 2.43. The normalized spacial score (nSPS) is 10.6. The Labute approximate surface area is 142 Å². The third kappa shape index (κ3) is 3.75. The van der Waals surface area contributed by atoms with E-state index in [0.29, 0.717) is 29.2 Å². The van der Waals surface area contributed by atoms with E-state index in [4.69, 9.17) is 11.6 Å². The maximum Gasteiger partial charge on any atom is 0.252 e. The van der Waals surface area contributed by atoms with Gasteiger partial charge in [-0.25, -0.2) is 9.07 Å². The molecule has 1 aromatic heterocycles. The van der Waals surface area contributed by atoms with Crippen molar-refractivity contribution in [2.45, 2.75) is 6.42 Å². The molecule has 0 saturated heterocycles. The van der Waals surface area contributed by atoms with Gasteiger partial charge < -0.3 is 5.32 Å². The quantitative estimate of drug-likeness (QED) is 0.770. The molecule has 0 aliphatic rings. The van der Waals surface area contributed by atoms with Gasteiger partial charge in [-0.2, -0.15) is 0 Å². The highest BCUT2D eigenvalue weighted by Gasteiger charge is 2.12. The van der Waals surface area contributed by atoms with Gasteiger partial charge in [-0.3, -0.25) is 4.79 Å². The topological polar surface area (TPSA) is 72.7 Å². The summed E-state index contributed by atoms with van der Waals surface area (Å²) in [6.45, 7) is 0.369. The van der Waals surface area contributed by atoms with Gasteiger partial charge >= 0.3 is 0 Å². The van der Waals surface area contributed by atoms with Crippen LogP contribution in [-0.4, -0.2) is 32.7 Å². The summed E-state index contributed by atoms with van der Waals surface area (Å²) in [6, 6.07) is 11.2. The first-order valence-electron chi connectivity index (χ1n) is 7.19. The summed E-state index contributed by atoms with van der Waals surface area (Å²) in [4.78, 5) is 12.3. The van der Waals surface area contributed by atoms with Gasteiger partial charge in [0.2, 0.25) is 0 Å². The lowest BCUT2D eigenvalue weighted by atomic mass is 10.1. The lowest BCUT2D eigenvalue weighted by Crippen LogP contribution is -2.26. The van der Waals surface area contributed by atoms with Crippen molar-refractivity contribution in [1.82, 2.24) is 25.5 Å². The maximum atomic E-state index is 13.1. The molecule has 1 N–H and O–H groups in total. The highest BCUT2D eigenvalue weighted by Crippen LogP contribution is 2.19. The third-order valence-electron chi connectivity index (χ3n) is 3.40. The summed E-state index contributed by atoms with van der Waals surface area (Å²) < 4.78 is 14.6. The molecule has 0 aliphatic carbocycles. The van der Waals surface area contributed by atoms with Gasteiger partial charge in [-0.05, 0) is 52.7 Å². The number of carbonyl (C=O) groups excluding carboxylic acids is 1. The highest BCUT2D eigenvalue weighted by atomic mass is 35.5. The molecular weight excluding hydrogens is 333 g/mol. The fourth-order valence-corrected chi connectivity index (χ4v) is 2.42. The molecule has 0 fully saturated rings. The van der Waals surface area contributed by atoms with E-state index in [-0.39, 0.29) is 11.7 Å². The van der Waals surface area contributed by atoms with Crippen LogP contribution in [0.2, 0.25) is 5.02 Å². The summed E-state index contributed by atoms with van der Waals surface area (Å²) in [7, 11) is 0. The standard InChI is InChI=1S/C16H13ClFN5O/c17-15-5-4-13(23-10-20-21-22-23)9-14(15)16(24)19-7-6-11-2-1-3-12(18)8-11/h1-5,8-10H,6-7H2,(H,19,24). The fourth-order valence-electron chi connectivity index (χ4n) is 2.22. The molecule has 2 aromatic carbocycles. The largest absolute Gasteiger partial charge is 0.352 e. The van der Waals surface area contributed by atoms with E-state index in [1.54, 1.807) is 30.3 Å². The van der Waals surface area contributed by atoms with E-state index in [0.717, 1.165) is 5.56 Å². The number of tetrazole rings is 1. The van der Waals surface area contributed by atoms with Crippen molar-refractivity contribution in [3.8, 4) is 5.69 Å². The van der Waals surface area contributed by atoms with Crippen LogP contribution in [0.1, 0.15) is 15.9 Å². The average Bonchev–Trinajstić information content (AvgIpc) is 3.10. The Bertz CT molecular complexity index is 853. The first-order chi connectivity index (χ1) is 11.6. The van der Waals surface area contributed by atoms with E-state index >= 15 is 0 Å². The molecule has 0 radical (unpaired) electrons. The number of rotatable bonds is 5.